The molecule has 0 aliphatic carbocycles. The van der Waals surface area contributed by atoms with Crippen LogP contribution in [-0.2, 0) is 25.7 Å². The summed E-state index contributed by atoms with van der Waals surface area (Å²) in [7, 11) is 0. The van der Waals surface area contributed by atoms with Crippen LogP contribution < -0.4 is 0 Å². The molecule has 0 spiro atoms. The lowest BCUT2D eigenvalue weighted by Gasteiger charge is -2.17. The maximum Gasteiger partial charge on any atom is 0.313 e. The van der Waals surface area contributed by atoms with Gasteiger partial charge in [0.1, 0.15) is 12.2 Å². The maximum absolute atomic E-state index is 12.2. The second-order valence-corrected chi connectivity index (χ2v) is 7.76. The molecule has 0 aliphatic rings. The van der Waals surface area contributed by atoms with Crippen molar-refractivity contribution in [2.75, 3.05) is 6.61 Å². The fourth-order valence-corrected chi connectivity index (χ4v) is 3.41. The Morgan fingerprint density at radius 2 is 1.48 bits per heavy atom. The first kappa shape index (κ1) is 25.4. The molecule has 4 nitrogen and oxygen atoms in total. The van der Waals surface area contributed by atoms with Crippen molar-refractivity contribution in [3.63, 3.8) is 0 Å². The van der Waals surface area contributed by atoms with E-state index in [1.807, 2.05) is 30.3 Å². The quantitative estimate of drug-likeness (QED) is 0.161. The number of Topliss-reactive ketones (excluding diaryl/α,β-unsaturated/α-hetero) is 1. The zero-order valence-electron chi connectivity index (χ0n) is 18.5. The molecule has 0 aromatic heterocycles. The summed E-state index contributed by atoms with van der Waals surface area (Å²) in [6.45, 7) is 4.79. The van der Waals surface area contributed by atoms with Crippen LogP contribution in [0.1, 0.15) is 96.5 Å². The molecular weight excluding hydrogens is 364 g/mol. The summed E-state index contributed by atoms with van der Waals surface area (Å²) in [4.78, 5) is 23.8. The maximum atomic E-state index is 12.2. The normalized spacial score (nSPS) is 11.9. The molecule has 0 amide bonds. The standard InChI is InChI=1S/C25H40O4/c1-3-5-6-7-8-9-10-11-15-18-24(19-23(26)20-25(27)28-4-2)29-21-22-16-13-12-14-17-22/h12-14,16-17,24H,3-11,15,18-21H2,1-2H3/t24-/m0/s1. The van der Waals surface area contributed by atoms with Crippen molar-refractivity contribution < 1.29 is 19.1 Å². The van der Waals surface area contributed by atoms with Gasteiger partial charge < -0.3 is 9.47 Å². The Kier molecular flexibility index (Phi) is 15.0. The van der Waals surface area contributed by atoms with Gasteiger partial charge in [-0.1, -0.05) is 95.0 Å². The molecular formula is C25H40O4. The number of ketones is 1. The average molecular weight is 405 g/mol. The fraction of sp³-hybridized carbons (Fsp3) is 0.680. The molecule has 1 aromatic carbocycles. The largest absolute Gasteiger partial charge is 0.466 e. The molecule has 1 rings (SSSR count). The number of carbonyl (C=O) groups excluding carboxylic acids is 2. The summed E-state index contributed by atoms with van der Waals surface area (Å²) in [5.74, 6) is -0.542. The summed E-state index contributed by atoms with van der Waals surface area (Å²) in [5, 5.41) is 0. The van der Waals surface area contributed by atoms with Crippen LogP contribution >= 0.6 is 0 Å². The number of rotatable bonds is 18. The van der Waals surface area contributed by atoms with Crippen LogP contribution in [0.15, 0.2) is 30.3 Å². The van der Waals surface area contributed by atoms with Crippen LogP contribution in [0, 0.1) is 0 Å². The van der Waals surface area contributed by atoms with Gasteiger partial charge in [-0.05, 0) is 18.9 Å². The van der Waals surface area contributed by atoms with Gasteiger partial charge in [0.25, 0.3) is 0 Å². The number of benzene rings is 1. The third kappa shape index (κ3) is 14.0. The molecule has 0 saturated heterocycles. The molecule has 4 heteroatoms. The fourth-order valence-electron chi connectivity index (χ4n) is 3.41. The van der Waals surface area contributed by atoms with E-state index in [4.69, 9.17) is 9.47 Å². The summed E-state index contributed by atoms with van der Waals surface area (Å²) in [6, 6.07) is 10.00. The van der Waals surface area contributed by atoms with Crippen molar-refractivity contribution >= 4 is 11.8 Å². The van der Waals surface area contributed by atoms with Crippen molar-refractivity contribution in [1.82, 2.24) is 0 Å². The van der Waals surface area contributed by atoms with Crippen LogP contribution in [0.4, 0.5) is 0 Å². The van der Waals surface area contributed by atoms with Crippen LogP contribution in [-0.4, -0.2) is 24.5 Å². The number of hydrogen-bond donors (Lipinski definition) is 0. The highest BCUT2D eigenvalue weighted by atomic mass is 16.5. The first-order valence-electron chi connectivity index (χ1n) is 11.5. The van der Waals surface area contributed by atoms with Gasteiger partial charge in [-0.25, -0.2) is 0 Å². The third-order valence-electron chi connectivity index (χ3n) is 5.06. The molecule has 164 valence electrons. The molecule has 0 radical (unpaired) electrons. The SMILES string of the molecule is CCCCCCCCCCC[C@@H](CC(=O)CC(=O)OCC)OCc1ccccc1. The number of hydrogen-bond acceptors (Lipinski definition) is 4. The highest BCUT2D eigenvalue weighted by Gasteiger charge is 2.18. The highest BCUT2D eigenvalue weighted by molar-refractivity contribution is 5.95. The average Bonchev–Trinajstić information content (AvgIpc) is 2.71. The van der Waals surface area contributed by atoms with Gasteiger partial charge in [-0.2, -0.15) is 0 Å². The van der Waals surface area contributed by atoms with E-state index >= 15 is 0 Å². The monoisotopic (exact) mass is 404 g/mol. The summed E-state index contributed by atoms with van der Waals surface area (Å²) >= 11 is 0. The minimum atomic E-state index is -0.442. The molecule has 0 aliphatic heterocycles. The topological polar surface area (TPSA) is 52.6 Å². The number of esters is 1. The van der Waals surface area contributed by atoms with Crippen LogP contribution in [0.5, 0.6) is 0 Å². The molecule has 0 saturated carbocycles. The molecule has 0 bridgehead atoms. The Balaban J connectivity index is 2.33. The van der Waals surface area contributed by atoms with E-state index in [0.717, 1.165) is 18.4 Å². The first-order chi connectivity index (χ1) is 14.2. The number of unbranched alkanes of at least 4 members (excludes halogenated alkanes) is 8. The molecule has 1 aromatic rings. The lowest BCUT2D eigenvalue weighted by atomic mass is 10.0. The van der Waals surface area contributed by atoms with E-state index in [1.165, 1.54) is 51.4 Å². The van der Waals surface area contributed by atoms with Gasteiger partial charge in [-0.15, -0.1) is 0 Å². The van der Waals surface area contributed by atoms with E-state index in [-0.39, 0.29) is 24.7 Å². The van der Waals surface area contributed by atoms with Gasteiger partial charge in [-0.3, -0.25) is 9.59 Å². The van der Waals surface area contributed by atoms with Crippen LogP contribution in [0.2, 0.25) is 0 Å². The van der Waals surface area contributed by atoms with Crippen molar-refractivity contribution in [1.29, 1.82) is 0 Å². The van der Waals surface area contributed by atoms with E-state index in [2.05, 4.69) is 6.92 Å². The Bertz CT molecular complexity index is 541. The lowest BCUT2D eigenvalue weighted by molar-refractivity contribution is -0.146. The van der Waals surface area contributed by atoms with Crippen molar-refractivity contribution in [2.45, 2.75) is 104 Å². The Morgan fingerprint density at radius 3 is 2.10 bits per heavy atom. The predicted molar refractivity (Wildman–Crippen MR) is 118 cm³/mol. The summed E-state index contributed by atoms with van der Waals surface area (Å²) in [5.41, 5.74) is 1.10. The molecule has 0 N–H and O–H groups in total. The van der Waals surface area contributed by atoms with Crippen LogP contribution in [0.25, 0.3) is 0 Å². The van der Waals surface area contributed by atoms with E-state index in [9.17, 15) is 9.59 Å². The van der Waals surface area contributed by atoms with Crippen molar-refractivity contribution in [3.8, 4) is 0 Å². The van der Waals surface area contributed by atoms with Crippen LogP contribution in [0.3, 0.4) is 0 Å². The molecule has 29 heavy (non-hydrogen) atoms. The first-order valence-corrected chi connectivity index (χ1v) is 11.5. The van der Waals surface area contributed by atoms with Gasteiger partial charge in [0.05, 0.1) is 19.3 Å². The minimum absolute atomic E-state index is 0.0996. The Morgan fingerprint density at radius 1 is 0.862 bits per heavy atom. The molecule has 0 heterocycles. The van der Waals surface area contributed by atoms with Gasteiger partial charge in [0, 0.05) is 6.42 Å². The lowest BCUT2D eigenvalue weighted by Crippen LogP contribution is -2.20. The van der Waals surface area contributed by atoms with Crippen molar-refractivity contribution in [3.05, 3.63) is 35.9 Å². The summed E-state index contributed by atoms with van der Waals surface area (Å²) < 4.78 is 10.9. The van der Waals surface area contributed by atoms with E-state index in [1.54, 1.807) is 6.92 Å². The summed E-state index contributed by atoms with van der Waals surface area (Å²) in [6.07, 6.45) is 12.3. The zero-order chi connectivity index (χ0) is 21.2. The van der Waals surface area contributed by atoms with Gasteiger partial charge in [0.15, 0.2) is 0 Å². The second kappa shape index (κ2) is 17.2. The molecule has 1 atom stereocenters. The zero-order valence-corrected chi connectivity index (χ0v) is 18.5. The number of ether oxygens (including phenoxy) is 2. The molecule has 0 unspecified atom stereocenters. The van der Waals surface area contributed by atoms with E-state index in [0.29, 0.717) is 13.2 Å². The van der Waals surface area contributed by atoms with E-state index < -0.39 is 5.97 Å². The molecule has 0 fully saturated rings. The smallest absolute Gasteiger partial charge is 0.313 e. The van der Waals surface area contributed by atoms with Gasteiger partial charge >= 0.3 is 5.97 Å². The van der Waals surface area contributed by atoms with Crippen molar-refractivity contribution in [2.24, 2.45) is 0 Å². The second-order valence-electron chi connectivity index (χ2n) is 7.76. The third-order valence-corrected chi connectivity index (χ3v) is 5.06. The highest BCUT2D eigenvalue weighted by Crippen LogP contribution is 2.16. The Hall–Kier alpha value is -1.68. The van der Waals surface area contributed by atoms with Gasteiger partial charge in [0.2, 0.25) is 0 Å². The number of carbonyl (C=O) groups is 2. The minimum Gasteiger partial charge on any atom is -0.466 e. The Labute approximate surface area is 177 Å². The predicted octanol–water partition coefficient (Wildman–Crippen LogP) is 6.41.